The monoisotopic (exact) mass is 453 g/mol. The van der Waals surface area contributed by atoms with E-state index in [1.54, 1.807) is 0 Å². The van der Waals surface area contributed by atoms with Gasteiger partial charge in [0.1, 0.15) is 0 Å². The molecule has 0 saturated carbocycles. The van der Waals surface area contributed by atoms with Gasteiger partial charge in [0.25, 0.3) is 0 Å². The second-order valence-corrected chi connectivity index (χ2v) is 9.65. The highest BCUT2D eigenvalue weighted by Crippen LogP contribution is 2.31. The van der Waals surface area contributed by atoms with E-state index in [0.29, 0.717) is 5.75 Å². The van der Waals surface area contributed by atoms with E-state index in [9.17, 15) is 4.79 Å². The third-order valence-electron chi connectivity index (χ3n) is 5.45. The lowest BCUT2D eigenvalue weighted by atomic mass is 10.1. The predicted octanol–water partition coefficient (Wildman–Crippen LogP) is 4.59. The topological polar surface area (TPSA) is 61.4 Å². The van der Waals surface area contributed by atoms with Crippen molar-refractivity contribution in [3.05, 3.63) is 59.7 Å². The zero-order chi connectivity index (χ0) is 21.6. The number of nitrogens with zero attached hydrogens (tertiary/aromatic N) is 4. The number of nitrogens with one attached hydrogen (secondary N) is 1. The number of carbonyl (C=O) groups excluding carboxylic acids is 1. The second kappa shape index (κ2) is 10.2. The molecule has 0 atom stereocenters. The van der Waals surface area contributed by atoms with Gasteiger partial charge in [-0.05, 0) is 36.6 Å². The van der Waals surface area contributed by atoms with Crippen molar-refractivity contribution in [1.82, 2.24) is 15.1 Å². The van der Waals surface area contributed by atoms with Gasteiger partial charge in [-0.15, -0.1) is 10.2 Å². The molecule has 2 aromatic carbocycles. The van der Waals surface area contributed by atoms with Crippen molar-refractivity contribution in [3.63, 3.8) is 0 Å². The van der Waals surface area contributed by atoms with E-state index in [-0.39, 0.29) is 5.91 Å². The van der Waals surface area contributed by atoms with E-state index in [4.69, 9.17) is 0 Å². The molecule has 0 unspecified atom stereocenters. The lowest BCUT2D eigenvalue weighted by Crippen LogP contribution is -2.49. The summed E-state index contributed by atoms with van der Waals surface area (Å²) in [6, 6.07) is 16.7. The maximum Gasteiger partial charge on any atom is 0.233 e. The molecule has 0 aliphatic carbocycles. The number of aromatic nitrogens is 2. The molecule has 6 nitrogen and oxygen atoms in total. The number of thioether (sulfide) groups is 1. The number of anilines is 3. The van der Waals surface area contributed by atoms with Crippen LogP contribution in [0.25, 0.3) is 0 Å². The summed E-state index contributed by atoms with van der Waals surface area (Å²) in [5.74, 6) is 0.555. The Morgan fingerprint density at radius 2 is 1.84 bits per heavy atom. The zero-order valence-electron chi connectivity index (χ0n) is 17.9. The van der Waals surface area contributed by atoms with E-state index in [1.807, 2.05) is 11.0 Å². The van der Waals surface area contributed by atoms with Crippen molar-refractivity contribution in [2.24, 2.45) is 0 Å². The van der Waals surface area contributed by atoms with Crippen LogP contribution in [0.5, 0.6) is 0 Å². The second-order valence-electron chi connectivity index (χ2n) is 7.45. The Morgan fingerprint density at radius 3 is 2.58 bits per heavy atom. The van der Waals surface area contributed by atoms with Crippen molar-refractivity contribution < 1.29 is 4.79 Å². The largest absolute Gasteiger partial charge is 0.368 e. The van der Waals surface area contributed by atoms with Gasteiger partial charge in [-0.3, -0.25) is 4.79 Å². The van der Waals surface area contributed by atoms with Crippen molar-refractivity contribution in [3.8, 4) is 0 Å². The molecule has 31 heavy (non-hydrogen) atoms. The summed E-state index contributed by atoms with van der Waals surface area (Å²) in [6.45, 7) is 7.47. The third kappa shape index (κ3) is 5.37. The van der Waals surface area contributed by atoms with E-state index in [2.05, 4.69) is 76.7 Å². The Morgan fingerprint density at radius 1 is 1.06 bits per heavy atom. The van der Waals surface area contributed by atoms with Gasteiger partial charge in [0.05, 0.1) is 5.75 Å². The van der Waals surface area contributed by atoms with Crippen LogP contribution in [-0.4, -0.2) is 52.9 Å². The Kier molecular flexibility index (Phi) is 7.09. The zero-order valence-corrected chi connectivity index (χ0v) is 19.5. The lowest BCUT2D eigenvalue weighted by molar-refractivity contribution is -0.128. The molecule has 1 aromatic heterocycles. The van der Waals surface area contributed by atoms with Crippen LogP contribution < -0.4 is 10.2 Å². The van der Waals surface area contributed by atoms with Crippen LogP contribution in [0.3, 0.4) is 0 Å². The Balaban J connectivity index is 1.28. The van der Waals surface area contributed by atoms with Crippen LogP contribution in [0.2, 0.25) is 0 Å². The van der Waals surface area contributed by atoms with Crippen molar-refractivity contribution >= 4 is 45.5 Å². The number of hydrogen-bond acceptors (Lipinski definition) is 7. The first-order chi connectivity index (χ1) is 15.1. The molecule has 8 heteroatoms. The average molecular weight is 454 g/mol. The normalized spacial score (nSPS) is 14.0. The van der Waals surface area contributed by atoms with Gasteiger partial charge >= 0.3 is 0 Å². The highest BCUT2D eigenvalue weighted by atomic mass is 32.2. The minimum atomic E-state index is 0.162. The number of aryl methyl sites for hydroxylation is 2. The third-order valence-corrected chi connectivity index (χ3v) is 7.41. The van der Waals surface area contributed by atoms with Crippen LogP contribution in [0.4, 0.5) is 16.5 Å². The van der Waals surface area contributed by atoms with E-state index in [1.165, 1.54) is 39.9 Å². The van der Waals surface area contributed by atoms with Gasteiger partial charge in [-0.25, -0.2) is 0 Å². The SMILES string of the molecule is CCc1cccc(C)c1Nc1nnc(SCC(=O)N2CCN(c3ccccc3)CC2)s1. The smallest absolute Gasteiger partial charge is 0.233 e. The molecule has 0 radical (unpaired) electrons. The summed E-state index contributed by atoms with van der Waals surface area (Å²) in [5.41, 5.74) is 4.77. The molecule has 2 heterocycles. The molecule has 1 amide bonds. The molecule has 3 aromatic rings. The van der Waals surface area contributed by atoms with E-state index in [0.717, 1.165) is 47.8 Å². The molecule has 1 saturated heterocycles. The summed E-state index contributed by atoms with van der Waals surface area (Å²) in [4.78, 5) is 16.9. The van der Waals surface area contributed by atoms with Gasteiger partial charge in [-0.1, -0.05) is 66.4 Å². The highest BCUT2D eigenvalue weighted by molar-refractivity contribution is 8.01. The number of rotatable bonds is 7. The fourth-order valence-corrected chi connectivity index (χ4v) is 5.35. The summed E-state index contributed by atoms with van der Waals surface area (Å²) in [7, 11) is 0. The minimum absolute atomic E-state index is 0.162. The van der Waals surface area contributed by atoms with Crippen LogP contribution in [0.1, 0.15) is 18.1 Å². The number of amides is 1. The molecule has 1 N–H and O–H groups in total. The highest BCUT2D eigenvalue weighted by Gasteiger charge is 2.21. The first-order valence-corrected chi connectivity index (χ1v) is 12.3. The molecule has 4 rings (SSSR count). The minimum Gasteiger partial charge on any atom is -0.368 e. The number of carbonyl (C=O) groups is 1. The van der Waals surface area contributed by atoms with Gasteiger partial charge in [-0.2, -0.15) is 0 Å². The number of para-hydroxylation sites is 2. The van der Waals surface area contributed by atoms with Crippen LogP contribution in [0, 0.1) is 6.92 Å². The fraction of sp³-hybridized carbons (Fsp3) is 0.348. The van der Waals surface area contributed by atoms with Crippen molar-refractivity contribution in [2.75, 3.05) is 42.1 Å². The maximum atomic E-state index is 12.7. The predicted molar refractivity (Wildman–Crippen MR) is 130 cm³/mol. The molecule has 1 fully saturated rings. The standard InChI is InChI=1S/C23H27N5OS2/c1-3-18-9-7-8-17(2)21(18)24-22-25-26-23(31-22)30-16-20(29)28-14-12-27(13-15-28)19-10-5-4-6-11-19/h4-11H,3,12-16H2,1-2H3,(H,24,25). The average Bonchev–Trinajstić information content (AvgIpc) is 3.27. The molecule has 0 bridgehead atoms. The molecular weight excluding hydrogens is 426 g/mol. The van der Waals surface area contributed by atoms with Crippen molar-refractivity contribution in [2.45, 2.75) is 24.6 Å². The van der Waals surface area contributed by atoms with Crippen LogP contribution in [0.15, 0.2) is 52.9 Å². The Bertz CT molecular complexity index is 1020. The van der Waals surface area contributed by atoms with Gasteiger partial charge in [0.15, 0.2) is 4.34 Å². The first-order valence-electron chi connectivity index (χ1n) is 10.5. The lowest BCUT2D eigenvalue weighted by Gasteiger charge is -2.36. The van der Waals surface area contributed by atoms with Crippen LogP contribution >= 0.6 is 23.1 Å². The number of piperazine rings is 1. The number of benzene rings is 2. The summed E-state index contributed by atoms with van der Waals surface area (Å²) < 4.78 is 0.811. The molecule has 1 aliphatic heterocycles. The van der Waals surface area contributed by atoms with Crippen molar-refractivity contribution in [1.29, 1.82) is 0 Å². The summed E-state index contributed by atoms with van der Waals surface area (Å²) in [5, 5.41) is 12.7. The molecule has 162 valence electrons. The molecule has 0 spiro atoms. The van der Waals surface area contributed by atoms with Gasteiger partial charge < -0.3 is 15.1 Å². The maximum absolute atomic E-state index is 12.7. The fourth-order valence-electron chi connectivity index (χ4n) is 3.70. The summed E-state index contributed by atoms with van der Waals surface area (Å²) >= 11 is 2.96. The molecule has 1 aliphatic rings. The number of hydrogen-bond donors (Lipinski definition) is 1. The quantitative estimate of drug-likeness (QED) is 0.528. The molecular formula is C23H27N5OS2. The van der Waals surface area contributed by atoms with E-state index >= 15 is 0 Å². The summed E-state index contributed by atoms with van der Waals surface area (Å²) in [6.07, 6.45) is 0.955. The van der Waals surface area contributed by atoms with Gasteiger partial charge in [0, 0.05) is 37.6 Å². The Hall–Kier alpha value is -2.58. The Labute approximate surface area is 191 Å². The van der Waals surface area contributed by atoms with Gasteiger partial charge in [0.2, 0.25) is 11.0 Å². The van der Waals surface area contributed by atoms with Crippen LogP contribution in [-0.2, 0) is 11.2 Å². The first kappa shape index (κ1) is 21.6. The van der Waals surface area contributed by atoms with E-state index < -0.39 is 0 Å².